The molecule has 2 aromatic heterocycles. The van der Waals surface area contributed by atoms with Crippen LogP contribution in [0, 0.1) is 0 Å². The minimum absolute atomic E-state index is 0.207. The lowest BCUT2D eigenvalue weighted by molar-refractivity contribution is 0.288. The summed E-state index contributed by atoms with van der Waals surface area (Å²) >= 11 is 1.59. The van der Waals surface area contributed by atoms with Gasteiger partial charge in [0.05, 0.1) is 5.69 Å². The highest BCUT2D eigenvalue weighted by Gasteiger charge is 2.05. The van der Waals surface area contributed by atoms with Crippen LogP contribution in [0.4, 0.5) is 0 Å². The molecule has 2 rings (SSSR count). The van der Waals surface area contributed by atoms with Crippen molar-refractivity contribution in [2.75, 3.05) is 12.9 Å². The number of thioether (sulfide) groups is 1. The predicted molar refractivity (Wildman–Crippen MR) is 60.2 cm³/mol. The first-order valence-electron chi connectivity index (χ1n) is 4.82. The molecule has 80 valence electrons. The summed E-state index contributed by atoms with van der Waals surface area (Å²) in [7, 11) is 0. The molecule has 0 aliphatic rings. The average molecular weight is 223 g/mol. The quantitative estimate of drug-likeness (QED) is 0.795. The molecule has 0 radical (unpaired) electrons. The summed E-state index contributed by atoms with van der Waals surface area (Å²) in [5.74, 6) is 0. The SMILES string of the molecule is CSc1nc(CCCO)cn2ccnc12. The topological polar surface area (TPSA) is 50.4 Å². The van der Waals surface area contributed by atoms with E-state index in [9.17, 15) is 0 Å². The molecule has 0 atom stereocenters. The zero-order valence-electron chi connectivity index (χ0n) is 8.55. The third-order valence-corrected chi connectivity index (χ3v) is 2.84. The highest BCUT2D eigenvalue weighted by molar-refractivity contribution is 7.98. The van der Waals surface area contributed by atoms with Crippen LogP contribution in [0.1, 0.15) is 12.1 Å². The molecule has 2 heterocycles. The van der Waals surface area contributed by atoms with Crippen molar-refractivity contribution in [3.05, 3.63) is 24.3 Å². The Bertz CT molecular complexity index is 455. The Kier molecular flexibility index (Phi) is 3.23. The molecule has 0 saturated carbocycles. The van der Waals surface area contributed by atoms with Crippen LogP contribution < -0.4 is 0 Å². The molecular weight excluding hydrogens is 210 g/mol. The fourth-order valence-electron chi connectivity index (χ4n) is 1.47. The lowest BCUT2D eigenvalue weighted by Gasteiger charge is -2.04. The van der Waals surface area contributed by atoms with E-state index in [2.05, 4.69) is 9.97 Å². The van der Waals surface area contributed by atoms with Gasteiger partial charge in [0.2, 0.25) is 0 Å². The van der Waals surface area contributed by atoms with Gasteiger partial charge in [-0.1, -0.05) is 0 Å². The van der Waals surface area contributed by atoms with Gasteiger partial charge in [0.15, 0.2) is 5.65 Å². The van der Waals surface area contributed by atoms with Crippen LogP contribution in [0.25, 0.3) is 5.65 Å². The Morgan fingerprint density at radius 2 is 2.40 bits per heavy atom. The Morgan fingerprint density at radius 3 is 3.13 bits per heavy atom. The molecule has 0 aromatic carbocycles. The van der Waals surface area contributed by atoms with Gasteiger partial charge in [0, 0.05) is 25.2 Å². The molecule has 0 fully saturated rings. The molecule has 1 N–H and O–H groups in total. The van der Waals surface area contributed by atoms with Crippen LogP contribution in [0.2, 0.25) is 0 Å². The third-order valence-electron chi connectivity index (χ3n) is 2.18. The van der Waals surface area contributed by atoms with Crippen molar-refractivity contribution in [2.24, 2.45) is 0 Å². The predicted octanol–water partition coefficient (Wildman–Crippen LogP) is 1.38. The summed E-state index contributed by atoms with van der Waals surface area (Å²) in [4.78, 5) is 8.74. The molecule has 0 aliphatic heterocycles. The van der Waals surface area contributed by atoms with Crippen molar-refractivity contribution < 1.29 is 5.11 Å². The summed E-state index contributed by atoms with van der Waals surface area (Å²) in [6.07, 6.45) is 9.20. The molecule has 15 heavy (non-hydrogen) atoms. The van der Waals surface area contributed by atoms with E-state index in [4.69, 9.17) is 5.11 Å². The maximum atomic E-state index is 8.78. The molecule has 2 aromatic rings. The number of hydrogen-bond acceptors (Lipinski definition) is 4. The van der Waals surface area contributed by atoms with Gasteiger partial charge in [-0.2, -0.15) is 0 Å². The minimum atomic E-state index is 0.207. The maximum Gasteiger partial charge on any atom is 0.169 e. The molecule has 4 nitrogen and oxygen atoms in total. The second-order valence-electron chi connectivity index (χ2n) is 3.23. The molecule has 0 spiro atoms. The largest absolute Gasteiger partial charge is 0.396 e. The van der Waals surface area contributed by atoms with Crippen LogP contribution >= 0.6 is 11.8 Å². The molecule has 0 amide bonds. The number of aliphatic hydroxyl groups excluding tert-OH is 1. The smallest absolute Gasteiger partial charge is 0.169 e. The molecular formula is C10H13N3OS. The zero-order chi connectivity index (χ0) is 10.7. The average Bonchev–Trinajstić information content (AvgIpc) is 2.73. The van der Waals surface area contributed by atoms with Crippen molar-refractivity contribution in [2.45, 2.75) is 17.9 Å². The van der Waals surface area contributed by atoms with E-state index in [1.54, 1.807) is 18.0 Å². The van der Waals surface area contributed by atoms with Crippen molar-refractivity contribution in [1.29, 1.82) is 0 Å². The number of aromatic nitrogens is 3. The zero-order valence-corrected chi connectivity index (χ0v) is 9.37. The monoisotopic (exact) mass is 223 g/mol. The first-order chi connectivity index (χ1) is 7.35. The Morgan fingerprint density at radius 1 is 1.53 bits per heavy atom. The van der Waals surface area contributed by atoms with Crippen molar-refractivity contribution in [3.8, 4) is 0 Å². The first-order valence-corrected chi connectivity index (χ1v) is 6.05. The van der Waals surface area contributed by atoms with Gasteiger partial charge in [-0.05, 0) is 19.1 Å². The van der Waals surface area contributed by atoms with Crippen molar-refractivity contribution in [1.82, 2.24) is 14.4 Å². The number of aliphatic hydroxyl groups is 1. The standard InChI is InChI=1S/C10H13N3OS/c1-15-10-9-11-4-5-13(9)7-8(12-10)3-2-6-14/h4-5,7,14H,2-3,6H2,1H3. The van der Waals surface area contributed by atoms with Crippen LogP contribution in [0.15, 0.2) is 23.6 Å². The number of aryl methyl sites for hydroxylation is 1. The van der Waals surface area contributed by atoms with Crippen LogP contribution in [0.3, 0.4) is 0 Å². The van der Waals surface area contributed by atoms with Gasteiger partial charge in [-0.15, -0.1) is 11.8 Å². The Labute approximate surface area is 92.4 Å². The fraction of sp³-hybridized carbons (Fsp3) is 0.400. The van der Waals surface area contributed by atoms with Crippen LogP contribution in [0.5, 0.6) is 0 Å². The second-order valence-corrected chi connectivity index (χ2v) is 4.02. The summed E-state index contributed by atoms with van der Waals surface area (Å²) in [6.45, 7) is 0.207. The normalized spacial score (nSPS) is 11.1. The summed E-state index contributed by atoms with van der Waals surface area (Å²) in [5.41, 5.74) is 1.90. The van der Waals surface area contributed by atoms with E-state index >= 15 is 0 Å². The van der Waals surface area contributed by atoms with Crippen molar-refractivity contribution >= 4 is 17.4 Å². The highest BCUT2D eigenvalue weighted by atomic mass is 32.2. The molecule has 0 saturated heterocycles. The maximum absolute atomic E-state index is 8.78. The molecule has 5 heteroatoms. The van der Waals surface area contributed by atoms with Gasteiger partial charge in [0.1, 0.15) is 5.03 Å². The van der Waals surface area contributed by atoms with E-state index < -0.39 is 0 Å². The van der Waals surface area contributed by atoms with Crippen LogP contribution in [-0.2, 0) is 6.42 Å². The first kappa shape index (κ1) is 10.4. The lowest BCUT2D eigenvalue weighted by atomic mass is 10.2. The summed E-state index contributed by atoms with van der Waals surface area (Å²) < 4.78 is 1.98. The highest BCUT2D eigenvalue weighted by Crippen LogP contribution is 2.18. The minimum Gasteiger partial charge on any atom is -0.396 e. The van der Waals surface area contributed by atoms with Crippen LogP contribution in [-0.4, -0.2) is 32.3 Å². The van der Waals surface area contributed by atoms with E-state index in [0.717, 1.165) is 29.2 Å². The summed E-state index contributed by atoms with van der Waals surface area (Å²) in [6, 6.07) is 0. The second kappa shape index (κ2) is 4.63. The number of nitrogens with zero attached hydrogens (tertiary/aromatic N) is 3. The van der Waals surface area contributed by atoms with E-state index in [1.165, 1.54) is 0 Å². The Balaban J connectivity index is 2.40. The Hall–Kier alpha value is -1.07. The number of fused-ring (bicyclic) bond motifs is 1. The molecule has 0 unspecified atom stereocenters. The van der Waals surface area contributed by atoms with Gasteiger partial charge in [-0.25, -0.2) is 9.97 Å². The molecule has 0 bridgehead atoms. The third kappa shape index (κ3) is 2.13. The van der Waals surface area contributed by atoms with E-state index in [-0.39, 0.29) is 6.61 Å². The number of hydrogen-bond donors (Lipinski definition) is 1. The van der Waals surface area contributed by atoms with Gasteiger partial charge < -0.3 is 9.51 Å². The van der Waals surface area contributed by atoms with Gasteiger partial charge >= 0.3 is 0 Å². The number of imidazole rings is 1. The van der Waals surface area contributed by atoms with Crippen molar-refractivity contribution in [3.63, 3.8) is 0 Å². The van der Waals surface area contributed by atoms with Gasteiger partial charge in [0.25, 0.3) is 0 Å². The lowest BCUT2D eigenvalue weighted by Crippen LogP contribution is -1.99. The number of rotatable bonds is 4. The fourth-order valence-corrected chi connectivity index (χ4v) is 2.02. The van der Waals surface area contributed by atoms with E-state index in [1.807, 2.05) is 23.1 Å². The van der Waals surface area contributed by atoms with Gasteiger partial charge in [-0.3, -0.25) is 0 Å². The molecule has 0 aliphatic carbocycles. The summed E-state index contributed by atoms with van der Waals surface area (Å²) in [5, 5.41) is 9.72. The van der Waals surface area contributed by atoms with E-state index in [0.29, 0.717) is 0 Å².